The normalized spacial score (nSPS) is 23.1. The molecule has 2 aromatic carbocycles. The molecule has 0 aromatic heterocycles. The van der Waals surface area contributed by atoms with Gasteiger partial charge < -0.3 is 5.32 Å². The Hall–Kier alpha value is -2.51. The number of hydrogen-bond donors (Lipinski definition) is 1. The van der Waals surface area contributed by atoms with Crippen LogP contribution in [0.1, 0.15) is 31.2 Å². The minimum Gasteiger partial charge on any atom is -0.352 e. The van der Waals surface area contributed by atoms with E-state index < -0.39 is 4.87 Å². The predicted octanol–water partition coefficient (Wildman–Crippen LogP) is 3.68. The second-order valence-corrected chi connectivity index (χ2v) is 9.70. The lowest BCUT2D eigenvalue weighted by Gasteiger charge is -2.33. The number of nitrogens with zero attached hydrogens (tertiary/aromatic N) is 2. The van der Waals surface area contributed by atoms with Gasteiger partial charge in [0.15, 0.2) is 0 Å². The van der Waals surface area contributed by atoms with E-state index in [-0.39, 0.29) is 36.1 Å². The van der Waals surface area contributed by atoms with Crippen molar-refractivity contribution in [2.45, 2.75) is 36.6 Å². The number of nitrogens with one attached hydrogen (secondary N) is 1. The summed E-state index contributed by atoms with van der Waals surface area (Å²) in [6.45, 7) is -0.0633. The molecule has 2 aliphatic heterocycles. The van der Waals surface area contributed by atoms with Crippen LogP contribution >= 0.6 is 23.4 Å². The van der Waals surface area contributed by atoms with Gasteiger partial charge in [-0.25, -0.2) is 0 Å². The average Bonchev–Trinajstić information content (AvgIpc) is 3.44. The van der Waals surface area contributed by atoms with E-state index in [1.165, 1.54) is 16.7 Å². The van der Waals surface area contributed by atoms with E-state index in [9.17, 15) is 14.4 Å². The fraction of sp³-hybridized carbons (Fsp3) is 0.348. The molecule has 0 bridgehead atoms. The summed E-state index contributed by atoms with van der Waals surface area (Å²) in [6.07, 6.45) is 4.19. The number of hydrogen-bond acceptors (Lipinski definition) is 4. The van der Waals surface area contributed by atoms with Crippen LogP contribution in [0.25, 0.3) is 0 Å². The van der Waals surface area contributed by atoms with Crippen LogP contribution in [0.15, 0.2) is 48.5 Å². The molecule has 1 atom stereocenters. The number of para-hydroxylation sites is 1. The molecule has 31 heavy (non-hydrogen) atoms. The summed E-state index contributed by atoms with van der Waals surface area (Å²) in [7, 11) is 0. The summed E-state index contributed by atoms with van der Waals surface area (Å²) >= 11 is 7.48. The van der Waals surface area contributed by atoms with Gasteiger partial charge in [-0.05, 0) is 37.1 Å². The third-order valence-electron chi connectivity index (χ3n) is 6.15. The molecular formula is C23H22ClN3O3S. The summed E-state index contributed by atoms with van der Waals surface area (Å²) in [5.74, 6) is -0.427. The number of thioether (sulfide) groups is 1. The van der Waals surface area contributed by atoms with Crippen molar-refractivity contribution in [3.63, 3.8) is 0 Å². The summed E-state index contributed by atoms with van der Waals surface area (Å²) in [4.78, 5) is 41.4. The highest BCUT2D eigenvalue weighted by molar-refractivity contribution is 8.02. The highest BCUT2D eigenvalue weighted by atomic mass is 35.5. The Morgan fingerprint density at radius 3 is 2.68 bits per heavy atom. The fourth-order valence-electron chi connectivity index (χ4n) is 4.81. The topological polar surface area (TPSA) is 69.7 Å². The van der Waals surface area contributed by atoms with Crippen molar-refractivity contribution in [3.8, 4) is 0 Å². The number of carbonyl (C=O) groups excluding carboxylic acids is 3. The van der Waals surface area contributed by atoms with E-state index in [4.69, 9.17) is 11.6 Å². The maximum Gasteiger partial charge on any atom is 0.269 e. The molecule has 3 aliphatic rings. The van der Waals surface area contributed by atoms with E-state index >= 15 is 0 Å². The van der Waals surface area contributed by atoms with Gasteiger partial charge in [-0.3, -0.25) is 24.2 Å². The van der Waals surface area contributed by atoms with E-state index in [0.717, 1.165) is 31.2 Å². The molecule has 5 rings (SSSR count). The SMILES string of the molecule is O=C(CN1C(=O)C2(SCC(=O)N2c2cccc(Cl)c2)c2ccccc21)NC1CCCC1. The molecule has 0 radical (unpaired) electrons. The first kappa shape index (κ1) is 20.4. The minimum atomic E-state index is -1.23. The number of benzene rings is 2. The van der Waals surface area contributed by atoms with Crippen LogP contribution in [-0.4, -0.2) is 36.1 Å². The van der Waals surface area contributed by atoms with Gasteiger partial charge in [0.25, 0.3) is 5.91 Å². The molecular weight excluding hydrogens is 434 g/mol. The van der Waals surface area contributed by atoms with Gasteiger partial charge >= 0.3 is 0 Å². The van der Waals surface area contributed by atoms with Crippen molar-refractivity contribution in [2.75, 3.05) is 22.1 Å². The van der Waals surface area contributed by atoms with Crippen molar-refractivity contribution >= 4 is 52.5 Å². The summed E-state index contributed by atoms with van der Waals surface area (Å²) in [6, 6.07) is 14.6. The molecule has 2 heterocycles. The number of carbonyl (C=O) groups is 3. The highest BCUT2D eigenvalue weighted by Gasteiger charge is 2.61. The standard InChI is InChI=1S/C23H22ClN3O3S/c24-15-6-5-9-17(12-15)27-21(29)14-31-23(27)18-10-3-4-11-19(18)26(22(23)30)13-20(28)25-16-7-1-2-8-16/h3-6,9-12,16H,1-2,7-8,13-14H2,(H,25,28). The first-order valence-electron chi connectivity index (χ1n) is 10.4. The number of rotatable bonds is 4. The molecule has 2 fully saturated rings. The minimum absolute atomic E-state index is 0.0633. The van der Waals surface area contributed by atoms with Crippen molar-refractivity contribution in [2.24, 2.45) is 0 Å². The van der Waals surface area contributed by atoms with Crippen molar-refractivity contribution < 1.29 is 14.4 Å². The van der Waals surface area contributed by atoms with Gasteiger partial charge in [0.05, 0.1) is 11.4 Å². The summed E-state index contributed by atoms with van der Waals surface area (Å²) in [5, 5.41) is 3.55. The number of amides is 3. The molecule has 1 spiro atoms. The van der Waals surface area contributed by atoms with Gasteiger partial charge in [0.2, 0.25) is 16.7 Å². The van der Waals surface area contributed by atoms with Crippen molar-refractivity contribution in [1.82, 2.24) is 5.32 Å². The second-order valence-electron chi connectivity index (χ2n) is 8.10. The van der Waals surface area contributed by atoms with Crippen LogP contribution in [0.2, 0.25) is 5.02 Å². The van der Waals surface area contributed by atoms with Gasteiger partial charge in [0, 0.05) is 22.3 Å². The maximum atomic E-state index is 13.9. The Bertz CT molecular complexity index is 1070. The van der Waals surface area contributed by atoms with Crippen LogP contribution in [0.5, 0.6) is 0 Å². The average molecular weight is 456 g/mol. The third kappa shape index (κ3) is 3.31. The van der Waals surface area contributed by atoms with Crippen LogP contribution in [0, 0.1) is 0 Å². The van der Waals surface area contributed by atoms with E-state index in [2.05, 4.69) is 5.32 Å². The Morgan fingerprint density at radius 1 is 1.13 bits per heavy atom. The molecule has 1 aliphatic carbocycles. The molecule has 1 saturated heterocycles. The van der Waals surface area contributed by atoms with E-state index in [1.807, 2.05) is 24.3 Å². The zero-order valence-corrected chi connectivity index (χ0v) is 18.4. The monoisotopic (exact) mass is 455 g/mol. The lowest BCUT2D eigenvalue weighted by Crippen LogP contribution is -2.51. The second kappa shape index (κ2) is 7.88. The molecule has 160 valence electrons. The predicted molar refractivity (Wildman–Crippen MR) is 122 cm³/mol. The Labute approximate surface area is 189 Å². The molecule has 1 saturated carbocycles. The first-order chi connectivity index (χ1) is 15.0. The number of anilines is 2. The van der Waals surface area contributed by atoms with Crippen LogP contribution in [-0.2, 0) is 19.3 Å². The Balaban J connectivity index is 1.52. The number of fused-ring (bicyclic) bond motifs is 2. The van der Waals surface area contributed by atoms with Crippen LogP contribution in [0.4, 0.5) is 11.4 Å². The van der Waals surface area contributed by atoms with E-state index in [1.54, 1.807) is 29.2 Å². The molecule has 1 N–H and O–H groups in total. The van der Waals surface area contributed by atoms with Crippen molar-refractivity contribution in [1.29, 1.82) is 0 Å². The maximum absolute atomic E-state index is 13.9. The fourth-order valence-corrected chi connectivity index (χ4v) is 6.36. The third-order valence-corrected chi connectivity index (χ3v) is 7.77. The van der Waals surface area contributed by atoms with Gasteiger partial charge in [-0.1, -0.05) is 48.7 Å². The zero-order chi connectivity index (χ0) is 21.6. The molecule has 1 unspecified atom stereocenters. The lowest BCUT2D eigenvalue weighted by atomic mass is 10.0. The molecule has 6 nitrogen and oxygen atoms in total. The van der Waals surface area contributed by atoms with Gasteiger partial charge in [-0.2, -0.15) is 0 Å². The first-order valence-corrected chi connectivity index (χ1v) is 11.8. The smallest absolute Gasteiger partial charge is 0.269 e. The Morgan fingerprint density at radius 2 is 1.90 bits per heavy atom. The van der Waals surface area contributed by atoms with Gasteiger partial charge in [-0.15, -0.1) is 11.8 Å². The molecule has 2 aromatic rings. The lowest BCUT2D eigenvalue weighted by molar-refractivity contribution is -0.126. The van der Waals surface area contributed by atoms with Crippen LogP contribution < -0.4 is 15.1 Å². The Kier molecular flexibility index (Phi) is 5.18. The number of halogens is 1. The highest BCUT2D eigenvalue weighted by Crippen LogP contribution is 2.55. The van der Waals surface area contributed by atoms with Crippen LogP contribution in [0.3, 0.4) is 0 Å². The quantitative estimate of drug-likeness (QED) is 0.763. The van der Waals surface area contributed by atoms with Gasteiger partial charge in [0.1, 0.15) is 6.54 Å². The zero-order valence-electron chi connectivity index (χ0n) is 16.8. The summed E-state index contributed by atoms with van der Waals surface area (Å²) < 4.78 is 0. The molecule has 3 amide bonds. The largest absolute Gasteiger partial charge is 0.352 e. The molecule has 8 heteroatoms. The van der Waals surface area contributed by atoms with Crippen molar-refractivity contribution in [3.05, 3.63) is 59.1 Å². The summed E-state index contributed by atoms with van der Waals surface area (Å²) in [5.41, 5.74) is 1.97. The van der Waals surface area contributed by atoms with E-state index in [0.29, 0.717) is 16.4 Å².